The van der Waals surface area contributed by atoms with Crippen molar-refractivity contribution in [3.05, 3.63) is 71.9 Å². The second-order valence-corrected chi connectivity index (χ2v) is 7.26. The van der Waals surface area contributed by atoms with Crippen molar-refractivity contribution < 1.29 is 40.1 Å². The van der Waals surface area contributed by atoms with Crippen LogP contribution in [0.15, 0.2) is 59.3 Å². The minimum absolute atomic E-state index is 0.0539. The molecule has 1 amide bonds. The van der Waals surface area contributed by atoms with E-state index >= 15 is 0 Å². The highest BCUT2D eigenvalue weighted by atomic mass is 19.4. The Balaban J connectivity index is 1.65. The van der Waals surface area contributed by atoms with Crippen molar-refractivity contribution >= 4 is 5.91 Å². The van der Waals surface area contributed by atoms with E-state index < -0.39 is 41.9 Å². The van der Waals surface area contributed by atoms with Gasteiger partial charge in [-0.2, -0.15) is 26.3 Å². The average molecular weight is 498 g/mol. The van der Waals surface area contributed by atoms with Crippen LogP contribution in [0.1, 0.15) is 16.1 Å². The van der Waals surface area contributed by atoms with E-state index in [4.69, 9.17) is 0 Å². The lowest BCUT2D eigenvalue weighted by atomic mass is 10.0. The van der Waals surface area contributed by atoms with E-state index in [2.05, 4.69) is 19.6 Å². The number of benzene rings is 2. The molecule has 6 nitrogen and oxygen atoms in total. The normalized spacial score (nSPS) is 12.1. The molecule has 35 heavy (non-hydrogen) atoms. The molecule has 0 aliphatic carbocycles. The zero-order valence-corrected chi connectivity index (χ0v) is 17.3. The van der Waals surface area contributed by atoms with Gasteiger partial charge in [-0.05, 0) is 36.4 Å². The van der Waals surface area contributed by atoms with Crippen molar-refractivity contribution in [1.82, 2.24) is 20.4 Å². The first-order valence-corrected chi connectivity index (χ1v) is 9.76. The summed E-state index contributed by atoms with van der Waals surface area (Å²) in [6, 6.07) is 9.83. The highest BCUT2D eigenvalue weighted by Crippen LogP contribution is 2.42. The number of aromatic amines is 1. The maximum atomic E-state index is 13.6. The molecule has 0 fully saturated rings. The van der Waals surface area contributed by atoms with Crippen LogP contribution in [0.2, 0.25) is 0 Å². The SMILES string of the molecule is O=C(NCC(F)(F)F)c1ccc(-c2ncc(-c3c(-c4ccc(F)cc4)noc3C(F)(F)F)[nH]2)cc1. The summed E-state index contributed by atoms with van der Waals surface area (Å²) in [5.41, 5.74) is -0.264. The zero-order chi connectivity index (χ0) is 25.4. The first-order valence-electron chi connectivity index (χ1n) is 9.76. The highest BCUT2D eigenvalue weighted by molar-refractivity contribution is 5.94. The van der Waals surface area contributed by atoms with Crippen molar-refractivity contribution in [2.24, 2.45) is 0 Å². The molecule has 4 rings (SSSR count). The summed E-state index contributed by atoms with van der Waals surface area (Å²) in [4.78, 5) is 18.6. The molecule has 2 N–H and O–H groups in total. The van der Waals surface area contributed by atoms with Gasteiger partial charge in [-0.3, -0.25) is 4.79 Å². The molecule has 2 heterocycles. The lowest BCUT2D eigenvalue weighted by Crippen LogP contribution is -2.33. The molecular weight excluding hydrogens is 485 g/mol. The van der Waals surface area contributed by atoms with Crippen LogP contribution in [-0.2, 0) is 6.18 Å². The summed E-state index contributed by atoms with van der Waals surface area (Å²) in [7, 11) is 0. The number of H-pyrrole nitrogens is 1. The quantitative estimate of drug-likeness (QED) is 0.338. The number of halogens is 7. The number of hydrogen-bond donors (Lipinski definition) is 2. The highest BCUT2D eigenvalue weighted by Gasteiger charge is 2.41. The predicted molar refractivity (Wildman–Crippen MR) is 108 cm³/mol. The van der Waals surface area contributed by atoms with Crippen LogP contribution in [0.5, 0.6) is 0 Å². The smallest absolute Gasteiger partial charge is 0.350 e. The van der Waals surface area contributed by atoms with Crippen LogP contribution in [0.25, 0.3) is 33.9 Å². The Morgan fingerprint density at radius 1 is 0.943 bits per heavy atom. The summed E-state index contributed by atoms with van der Waals surface area (Å²) in [5.74, 6) is -2.81. The minimum Gasteiger partial charge on any atom is -0.350 e. The largest absolute Gasteiger partial charge is 0.453 e. The summed E-state index contributed by atoms with van der Waals surface area (Å²) in [6.07, 6.45) is -8.34. The minimum atomic E-state index is -4.89. The molecule has 0 unspecified atom stereocenters. The standard InChI is InChI=1S/C22H13F7N4O2/c23-14-7-5-11(6-8-14)17-16(18(35-33-17)22(27,28)29)15-9-30-19(32-15)12-1-3-13(4-2-12)20(34)31-10-21(24,25)26/h1-9H,10H2,(H,30,32)(H,31,34). The van der Waals surface area contributed by atoms with Crippen LogP contribution < -0.4 is 5.32 Å². The third-order valence-electron chi connectivity index (χ3n) is 4.78. The molecule has 0 bridgehead atoms. The molecular formula is C22H13F7N4O2. The van der Waals surface area contributed by atoms with Crippen molar-refractivity contribution in [3.63, 3.8) is 0 Å². The van der Waals surface area contributed by atoms with Crippen LogP contribution in [-0.4, -0.2) is 33.8 Å². The van der Waals surface area contributed by atoms with Gasteiger partial charge in [-0.25, -0.2) is 9.37 Å². The fraction of sp³-hybridized carbons (Fsp3) is 0.136. The van der Waals surface area contributed by atoms with E-state index in [1.807, 2.05) is 0 Å². The average Bonchev–Trinajstić information content (AvgIpc) is 3.45. The molecule has 2 aromatic heterocycles. The number of rotatable bonds is 5. The van der Waals surface area contributed by atoms with E-state index in [0.717, 1.165) is 18.3 Å². The number of carbonyl (C=O) groups is 1. The molecule has 0 aliphatic heterocycles. The molecule has 4 aromatic rings. The number of nitrogens with one attached hydrogen (secondary N) is 2. The first kappa shape index (κ1) is 24.0. The van der Waals surface area contributed by atoms with Gasteiger partial charge in [0.25, 0.3) is 5.91 Å². The molecule has 2 aromatic carbocycles. The molecule has 13 heteroatoms. The number of imidazole rings is 1. The molecule has 0 saturated carbocycles. The fourth-order valence-electron chi connectivity index (χ4n) is 3.20. The second kappa shape index (κ2) is 8.89. The Hall–Kier alpha value is -4.16. The summed E-state index contributed by atoms with van der Waals surface area (Å²) in [6.45, 7) is -1.49. The van der Waals surface area contributed by atoms with Crippen molar-refractivity contribution in [2.75, 3.05) is 6.54 Å². The summed E-state index contributed by atoms with van der Waals surface area (Å²) in [5, 5.41) is 5.25. The van der Waals surface area contributed by atoms with Gasteiger partial charge in [-0.15, -0.1) is 0 Å². The van der Waals surface area contributed by atoms with E-state index in [9.17, 15) is 35.5 Å². The fourth-order valence-corrected chi connectivity index (χ4v) is 3.20. The number of nitrogens with zero attached hydrogens (tertiary/aromatic N) is 2. The molecule has 0 saturated heterocycles. The maximum Gasteiger partial charge on any atom is 0.453 e. The van der Waals surface area contributed by atoms with Gasteiger partial charge < -0.3 is 14.8 Å². The Morgan fingerprint density at radius 2 is 1.57 bits per heavy atom. The Morgan fingerprint density at radius 3 is 2.17 bits per heavy atom. The van der Waals surface area contributed by atoms with Gasteiger partial charge in [0.05, 0.1) is 17.5 Å². The van der Waals surface area contributed by atoms with E-state index in [1.54, 1.807) is 5.32 Å². The van der Waals surface area contributed by atoms with Crippen molar-refractivity contribution in [2.45, 2.75) is 12.4 Å². The van der Waals surface area contributed by atoms with Crippen molar-refractivity contribution in [1.29, 1.82) is 0 Å². The topological polar surface area (TPSA) is 83.8 Å². The molecule has 0 spiro atoms. The second-order valence-electron chi connectivity index (χ2n) is 7.26. The van der Waals surface area contributed by atoms with E-state index in [-0.39, 0.29) is 28.3 Å². The molecule has 0 aliphatic rings. The van der Waals surface area contributed by atoms with Crippen LogP contribution >= 0.6 is 0 Å². The summed E-state index contributed by atoms with van der Waals surface area (Å²) < 4.78 is 95.4. The van der Waals surface area contributed by atoms with Crippen LogP contribution in [0.3, 0.4) is 0 Å². The Labute approximate surface area is 191 Å². The molecule has 0 radical (unpaired) electrons. The lowest BCUT2D eigenvalue weighted by molar-refractivity contribution is -0.155. The Kier molecular flexibility index (Phi) is 6.09. The lowest BCUT2D eigenvalue weighted by Gasteiger charge is -2.08. The summed E-state index contributed by atoms with van der Waals surface area (Å²) >= 11 is 0. The van der Waals surface area contributed by atoms with E-state index in [1.165, 1.54) is 36.4 Å². The third-order valence-corrected chi connectivity index (χ3v) is 4.78. The van der Waals surface area contributed by atoms with Crippen LogP contribution in [0.4, 0.5) is 30.7 Å². The zero-order valence-electron chi connectivity index (χ0n) is 17.3. The first-order chi connectivity index (χ1) is 16.4. The van der Waals surface area contributed by atoms with Gasteiger partial charge in [0.1, 0.15) is 23.9 Å². The van der Waals surface area contributed by atoms with Gasteiger partial charge in [-0.1, -0.05) is 17.3 Å². The predicted octanol–water partition coefficient (Wildman–Crippen LogP) is 5.85. The number of amides is 1. The maximum absolute atomic E-state index is 13.6. The Bertz CT molecular complexity index is 1340. The number of carbonyl (C=O) groups excluding carboxylic acids is 1. The van der Waals surface area contributed by atoms with Crippen LogP contribution in [0, 0.1) is 5.82 Å². The van der Waals surface area contributed by atoms with Gasteiger partial charge >= 0.3 is 12.4 Å². The molecule has 0 atom stereocenters. The number of aromatic nitrogens is 3. The van der Waals surface area contributed by atoms with Crippen molar-refractivity contribution in [3.8, 4) is 33.9 Å². The monoisotopic (exact) mass is 498 g/mol. The van der Waals surface area contributed by atoms with E-state index in [0.29, 0.717) is 5.56 Å². The molecule has 182 valence electrons. The number of hydrogen-bond acceptors (Lipinski definition) is 4. The van der Waals surface area contributed by atoms with Gasteiger partial charge in [0, 0.05) is 16.7 Å². The van der Waals surface area contributed by atoms with Gasteiger partial charge in [0.2, 0.25) is 5.76 Å². The number of alkyl halides is 6. The van der Waals surface area contributed by atoms with Gasteiger partial charge in [0.15, 0.2) is 0 Å². The third kappa shape index (κ3) is 5.34.